The molecule has 4 heteroatoms. The maximum Gasteiger partial charge on any atom is 0.224 e. The molecule has 3 nitrogen and oxygen atoms in total. The Balaban J connectivity index is 1.51. The number of carbonyl (C=O) groups excluding carboxylic acids is 1. The monoisotopic (exact) mass is 264 g/mol. The lowest BCUT2D eigenvalue weighted by Crippen LogP contribution is -2.42. The molecule has 18 heavy (non-hydrogen) atoms. The maximum absolute atomic E-state index is 12.2. The van der Waals surface area contributed by atoms with E-state index >= 15 is 0 Å². The Morgan fingerprint density at radius 3 is 3.11 bits per heavy atom. The predicted octanol–water partition coefficient (Wildman–Crippen LogP) is 1.94. The molecule has 2 N–H and O–H groups in total. The second kappa shape index (κ2) is 5.02. The van der Waals surface area contributed by atoms with Crippen LogP contribution < -0.4 is 10.6 Å². The van der Waals surface area contributed by atoms with Gasteiger partial charge in [-0.15, -0.1) is 11.3 Å². The summed E-state index contributed by atoms with van der Waals surface area (Å²) in [5.74, 6) is 0.452. The summed E-state index contributed by atoms with van der Waals surface area (Å²) in [7, 11) is 0. The summed E-state index contributed by atoms with van der Waals surface area (Å²) in [5.41, 5.74) is 0. The fourth-order valence-corrected chi connectivity index (χ4v) is 4.08. The summed E-state index contributed by atoms with van der Waals surface area (Å²) in [6.07, 6.45) is 4.39. The second-order valence-electron chi connectivity index (χ2n) is 5.58. The summed E-state index contributed by atoms with van der Waals surface area (Å²) in [5, 5.41) is 8.78. The van der Waals surface area contributed by atoms with Gasteiger partial charge in [-0.1, -0.05) is 6.07 Å². The SMILES string of the molecule is CC(Cc1cccs1)NC(=O)C1CC2CCC1N2. The molecule has 2 fully saturated rings. The smallest absolute Gasteiger partial charge is 0.224 e. The van der Waals surface area contributed by atoms with Crippen LogP contribution in [-0.2, 0) is 11.2 Å². The van der Waals surface area contributed by atoms with Crippen molar-refractivity contribution in [1.29, 1.82) is 0 Å². The first-order valence-electron chi connectivity index (χ1n) is 6.81. The minimum absolute atomic E-state index is 0.203. The van der Waals surface area contributed by atoms with Crippen LogP contribution in [0.2, 0.25) is 0 Å². The molecule has 0 spiro atoms. The Hall–Kier alpha value is -0.870. The molecule has 0 aromatic carbocycles. The van der Waals surface area contributed by atoms with Crippen LogP contribution in [-0.4, -0.2) is 24.0 Å². The van der Waals surface area contributed by atoms with Crippen molar-refractivity contribution in [3.63, 3.8) is 0 Å². The van der Waals surface area contributed by atoms with Crippen molar-refractivity contribution in [1.82, 2.24) is 10.6 Å². The standard InChI is InChI=1S/C14H20N2OS/c1-9(7-11-3-2-6-18-11)15-14(17)12-8-10-4-5-13(12)16-10/h2-3,6,9-10,12-13,16H,4-5,7-8H2,1H3,(H,15,17). The third-order valence-electron chi connectivity index (χ3n) is 4.11. The molecule has 2 bridgehead atoms. The lowest BCUT2D eigenvalue weighted by Gasteiger charge is -2.22. The van der Waals surface area contributed by atoms with Gasteiger partial charge in [0.15, 0.2) is 0 Å². The lowest BCUT2D eigenvalue weighted by atomic mass is 9.88. The molecule has 4 atom stereocenters. The van der Waals surface area contributed by atoms with Crippen LogP contribution in [0, 0.1) is 5.92 Å². The molecule has 0 radical (unpaired) electrons. The molecule has 0 aliphatic carbocycles. The Kier molecular flexibility index (Phi) is 3.39. The summed E-state index contributed by atoms with van der Waals surface area (Å²) < 4.78 is 0. The van der Waals surface area contributed by atoms with Gasteiger partial charge in [-0.2, -0.15) is 0 Å². The highest BCUT2D eigenvalue weighted by Crippen LogP contribution is 2.33. The van der Waals surface area contributed by atoms with E-state index in [9.17, 15) is 4.79 Å². The van der Waals surface area contributed by atoms with Gasteiger partial charge in [0.2, 0.25) is 5.91 Å². The van der Waals surface area contributed by atoms with Crippen molar-refractivity contribution >= 4 is 17.2 Å². The van der Waals surface area contributed by atoms with Crippen LogP contribution in [0.3, 0.4) is 0 Å². The Labute approximate surface area is 112 Å². The number of amides is 1. The molecule has 1 amide bonds. The average Bonchev–Trinajstić information content (AvgIpc) is 3.04. The Morgan fingerprint density at radius 2 is 2.50 bits per heavy atom. The zero-order chi connectivity index (χ0) is 12.5. The van der Waals surface area contributed by atoms with Gasteiger partial charge in [0.25, 0.3) is 0 Å². The normalized spacial score (nSPS) is 31.5. The van der Waals surface area contributed by atoms with Gasteiger partial charge in [0.05, 0.1) is 5.92 Å². The van der Waals surface area contributed by atoms with E-state index in [1.54, 1.807) is 11.3 Å². The number of carbonyl (C=O) groups is 1. The topological polar surface area (TPSA) is 41.1 Å². The van der Waals surface area contributed by atoms with Gasteiger partial charge in [-0.3, -0.25) is 4.79 Å². The lowest BCUT2D eigenvalue weighted by molar-refractivity contribution is -0.126. The van der Waals surface area contributed by atoms with E-state index in [1.165, 1.54) is 17.7 Å². The zero-order valence-electron chi connectivity index (χ0n) is 10.7. The second-order valence-corrected chi connectivity index (χ2v) is 6.61. The first kappa shape index (κ1) is 12.2. The Morgan fingerprint density at radius 1 is 1.61 bits per heavy atom. The summed E-state index contributed by atoms with van der Waals surface area (Å²) in [6.45, 7) is 2.10. The van der Waals surface area contributed by atoms with Gasteiger partial charge in [-0.25, -0.2) is 0 Å². The minimum atomic E-state index is 0.203. The Bertz CT molecular complexity index is 417. The fourth-order valence-electron chi connectivity index (χ4n) is 3.25. The van der Waals surface area contributed by atoms with Crippen LogP contribution in [0.5, 0.6) is 0 Å². The van der Waals surface area contributed by atoms with Gasteiger partial charge in [0.1, 0.15) is 0 Å². The zero-order valence-corrected chi connectivity index (χ0v) is 11.5. The van der Waals surface area contributed by atoms with E-state index in [2.05, 4.69) is 35.1 Å². The highest BCUT2D eigenvalue weighted by molar-refractivity contribution is 7.09. The molecular weight excluding hydrogens is 244 g/mol. The van der Waals surface area contributed by atoms with E-state index in [0.717, 1.165) is 12.8 Å². The quantitative estimate of drug-likeness (QED) is 0.872. The fraction of sp³-hybridized carbons (Fsp3) is 0.643. The molecule has 0 saturated carbocycles. The van der Waals surface area contributed by atoms with Crippen molar-refractivity contribution in [2.24, 2.45) is 5.92 Å². The molecule has 3 rings (SSSR count). The number of hydrogen-bond donors (Lipinski definition) is 2. The van der Waals surface area contributed by atoms with Gasteiger partial charge in [-0.05, 0) is 37.6 Å². The first-order chi connectivity index (χ1) is 8.72. The molecule has 4 unspecified atom stereocenters. The maximum atomic E-state index is 12.2. The van der Waals surface area contributed by atoms with Gasteiger partial charge < -0.3 is 10.6 Å². The number of thiophene rings is 1. The average molecular weight is 264 g/mol. The summed E-state index contributed by atoms with van der Waals surface area (Å²) >= 11 is 1.76. The number of fused-ring (bicyclic) bond motifs is 2. The molecule has 3 heterocycles. The molecule has 2 saturated heterocycles. The molecule has 2 aliphatic rings. The number of hydrogen-bond acceptors (Lipinski definition) is 3. The number of rotatable bonds is 4. The van der Waals surface area contributed by atoms with E-state index in [-0.39, 0.29) is 17.9 Å². The molecule has 2 aliphatic heterocycles. The van der Waals surface area contributed by atoms with E-state index < -0.39 is 0 Å². The first-order valence-corrected chi connectivity index (χ1v) is 7.69. The van der Waals surface area contributed by atoms with Crippen LogP contribution in [0.4, 0.5) is 0 Å². The number of nitrogens with one attached hydrogen (secondary N) is 2. The van der Waals surface area contributed by atoms with Crippen LogP contribution >= 0.6 is 11.3 Å². The van der Waals surface area contributed by atoms with Crippen LogP contribution in [0.25, 0.3) is 0 Å². The third kappa shape index (κ3) is 2.45. The van der Waals surface area contributed by atoms with E-state index in [0.29, 0.717) is 12.1 Å². The molecule has 98 valence electrons. The van der Waals surface area contributed by atoms with Crippen molar-refractivity contribution in [3.8, 4) is 0 Å². The van der Waals surface area contributed by atoms with E-state index in [4.69, 9.17) is 0 Å². The minimum Gasteiger partial charge on any atom is -0.353 e. The third-order valence-corrected chi connectivity index (χ3v) is 5.01. The molecule has 1 aromatic rings. The van der Waals surface area contributed by atoms with Crippen molar-refractivity contribution in [3.05, 3.63) is 22.4 Å². The highest BCUT2D eigenvalue weighted by Gasteiger charge is 2.42. The molecule has 1 aromatic heterocycles. The van der Waals surface area contributed by atoms with E-state index in [1.807, 2.05) is 0 Å². The van der Waals surface area contributed by atoms with Crippen LogP contribution in [0.1, 0.15) is 31.1 Å². The summed E-state index contributed by atoms with van der Waals surface area (Å²) in [6, 6.07) is 5.46. The van der Waals surface area contributed by atoms with Gasteiger partial charge >= 0.3 is 0 Å². The van der Waals surface area contributed by atoms with Crippen molar-refractivity contribution in [2.75, 3.05) is 0 Å². The van der Waals surface area contributed by atoms with Crippen molar-refractivity contribution < 1.29 is 4.79 Å². The largest absolute Gasteiger partial charge is 0.353 e. The van der Waals surface area contributed by atoms with Crippen molar-refractivity contribution in [2.45, 2.75) is 50.7 Å². The molecular formula is C14H20N2OS. The predicted molar refractivity (Wildman–Crippen MR) is 73.7 cm³/mol. The summed E-state index contributed by atoms with van der Waals surface area (Å²) in [4.78, 5) is 13.6. The van der Waals surface area contributed by atoms with Crippen LogP contribution in [0.15, 0.2) is 17.5 Å². The highest BCUT2D eigenvalue weighted by atomic mass is 32.1. The van der Waals surface area contributed by atoms with Gasteiger partial charge in [0, 0.05) is 29.4 Å².